The van der Waals surface area contributed by atoms with Gasteiger partial charge in [0.15, 0.2) is 0 Å². The van der Waals surface area contributed by atoms with Gasteiger partial charge in [0, 0.05) is 15.9 Å². The van der Waals surface area contributed by atoms with E-state index in [1.54, 1.807) is 12.1 Å². The number of hydrogen-bond donors (Lipinski definition) is 0. The van der Waals surface area contributed by atoms with Gasteiger partial charge in [-0.3, -0.25) is 0 Å². The zero-order valence-electron chi connectivity index (χ0n) is 9.69. The Morgan fingerprint density at radius 2 is 1.94 bits per heavy atom. The molecule has 3 heteroatoms. The number of benzene rings is 1. The summed E-state index contributed by atoms with van der Waals surface area (Å²) in [7, 11) is 0. The van der Waals surface area contributed by atoms with Crippen molar-refractivity contribution in [3.05, 3.63) is 34.6 Å². The molecule has 0 unspecified atom stereocenters. The molecule has 0 nitrogen and oxygen atoms in total. The van der Waals surface area contributed by atoms with E-state index < -0.39 is 0 Å². The van der Waals surface area contributed by atoms with Crippen LogP contribution in [0.4, 0.5) is 4.39 Å². The molecule has 0 aromatic heterocycles. The highest BCUT2D eigenvalue weighted by molar-refractivity contribution is 9.09. The van der Waals surface area contributed by atoms with E-state index in [-0.39, 0.29) is 11.2 Å². The first kappa shape index (κ1) is 14.0. The number of hydrogen-bond acceptors (Lipinski definition) is 0. The van der Waals surface area contributed by atoms with Crippen molar-refractivity contribution in [2.45, 2.75) is 33.1 Å². The molecule has 0 saturated carbocycles. The standard InChI is InChI=1S/C13H17BrClF/c1-3-13(4-2,9-14)8-10-11(15)6-5-7-12(10)16/h5-7H,3-4,8-9H2,1-2H3. The van der Waals surface area contributed by atoms with Gasteiger partial charge in [-0.05, 0) is 36.8 Å². The van der Waals surface area contributed by atoms with Gasteiger partial charge >= 0.3 is 0 Å². The molecule has 0 aliphatic carbocycles. The minimum absolute atomic E-state index is 0.103. The summed E-state index contributed by atoms with van der Waals surface area (Å²) in [5.41, 5.74) is 0.749. The van der Waals surface area contributed by atoms with Crippen LogP contribution in [0.25, 0.3) is 0 Å². The molecule has 0 atom stereocenters. The predicted molar refractivity (Wildman–Crippen MR) is 71.9 cm³/mol. The average Bonchev–Trinajstić information content (AvgIpc) is 2.30. The summed E-state index contributed by atoms with van der Waals surface area (Å²) in [5.74, 6) is -0.195. The summed E-state index contributed by atoms with van der Waals surface area (Å²) < 4.78 is 13.7. The number of halogens is 3. The van der Waals surface area contributed by atoms with E-state index in [9.17, 15) is 4.39 Å². The molecule has 0 heterocycles. The first-order valence-electron chi connectivity index (χ1n) is 5.57. The van der Waals surface area contributed by atoms with Gasteiger partial charge in [0.25, 0.3) is 0 Å². The third-order valence-corrected chi connectivity index (χ3v) is 4.94. The Hall–Kier alpha value is -0.0800. The van der Waals surface area contributed by atoms with E-state index in [4.69, 9.17) is 11.6 Å². The summed E-state index contributed by atoms with van der Waals surface area (Å²) in [6.45, 7) is 4.28. The summed E-state index contributed by atoms with van der Waals surface area (Å²) in [5, 5.41) is 1.41. The Kier molecular flexibility index (Phi) is 5.26. The maximum absolute atomic E-state index is 13.7. The number of alkyl halides is 1. The van der Waals surface area contributed by atoms with Crippen molar-refractivity contribution in [2.24, 2.45) is 5.41 Å². The van der Waals surface area contributed by atoms with Gasteiger partial charge in [0.2, 0.25) is 0 Å². The fraction of sp³-hybridized carbons (Fsp3) is 0.538. The Bertz CT molecular complexity index is 319. The van der Waals surface area contributed by atoms with Crippen LogP contribution >= 0.6 is 27.5 Å². The van der Waals surface area contributed by atoms with Crippen molar-refractivity contribution in [3.8, 4) is 0 Å². The Balaban J connectivity index is 3.02. The second-order valence-electron chi connectivity index (χ2n) is 4.22. The van der Waals surface area contributed by atoms with Crippen molar-refractivity contribution in [1.29, 1.82) is 0 Å². The molecule has 0 radical (unpaired) electrons. The lowest BCUT2D eigenvalue weighted by Crippen LogP contribution is -2.24. The molecule has 1 aromatic rings. The molecule has 1 aromatic carbocycles. The van der Waals surface area contributed by atoms with E-state index in [0.29, 0.717) is 17.0 Å². The van der Waals surface area contributed by atoms with E-state index in [2.05, 4.69) is 29.8 Å². The van der Waals surface area contributed by atoms with Crippen LogP contribution in [0.15, 0.2) is 18.2 Å². The van der Waals surface area contributed by atoms with Crippen LogP contribution in [0.1, 0.15) is 32.3 Å². The molecule has 0 aliphatic heterocycles. The summed E-state index contributed by atoms with van der Waals surface area (Å²) in [4.78, 5) is 0. The van der Waals surface area contributed by atoms with Gasteiger partial charge in [0.05, 0.1) is 0 Å². The third-order valence-electron chi connectivity index (χ3n) is 3.40. The van der Waals surface area contributed by atoms with Crippen LogP contribution in [0, 0.1) is 11.2 Å². The molecule has 0 aliphatic rings. The van der Waals surface area contributed by atoms with E-state index in [0.717, 1.165) is 18.2 Å². The first-order chi connectivity index (χ1) is 7.58. The van der Waals surface area contributed by atoms with Crippen LogP contribution < -0.4 is 0 Å². The van der Waals surface area contributed by atoms with Crippen LogP contribution in [0.5, 0.6) is 0 Å². The van der Waals surface area contributed by atoms with Gasteiger partial charge in [0.1, 0.15) is 5.82 Å². The van der Waals surface area contributed by atoms with E-state index in [1.807, 2.05) is 0 Å². The fourth-order valence-corrected chi connectivity index (χ4v) is 3.03. The molecule has 0 bridgehead atoms. The highest BCUT2D eigenvalue weighted by Crippen LogP contribution is 2.35. The lowest BCUT2D eigenvalue weighted by molar-refractivity contribution is 0.303. The molecule has 0 amide bonds. The summed E-state index contributed by atoms with van der Waals surface area (Å²) in [6, 6.07) is 4.88. The van der Waals surface area contributed by atoms with Crippen molar-refractivity contribution in [2.75, 3.05) is 5.33 Å². The van der Waals surface area contributed by atoms with Crippen molar-refractivity contribution in [3.63, 3.8) is 0 Å². The van der Waals surface area contributed by atoms with Crippen LogP contribution in [-0.2, 0) is 6.42 Å². The molecule has 0 saturated heterocycles. The van der Waals surface area contributed by atoms with Gasteiger partial charge in [-0.25, -0.2) is 4.39 Å². The summed E-state index contributed by atoms with van der Waals surface area (Å²) in [6.07, 6.45) is 2.72. The smallest absolute Gasteiger partial charge is 0.127 e. The maximum Gasteiger partial charge on any atom is 0.127 e. The molecular formula is C13H17BrClF. The Morgan fingerprint density at radius 1 is 1.31 bits per heavy atom. The number of rotatable bonds is 5. The van der Waals surface area contributed by atoms with Crippen LogP contribution in [0.3, 0.4) is 0 Å². The zero-order valence-corrected chi connectivity index (χ0v) is 12.0. The second kappa shape index (κ2) is 6.02. The van der Waals surface area contributed by atoms with Crippen LogP contribution in [-0.4, -0.2) is 5.33 Å². The van der Waals surface area contributed by atoms with Gasteiger partial charge in [-0.2, -0.15) is 0 Å². The van der Waals surface area contributed by atoms with Gasteiger partial charge < -0.3 is 0 Å². The van der Waals surface area contributed by atoms with Gasteiger partial charge in [-0.1, -0.05) is 47.4 Å². The molecule has 0 fully saturated rings. The lowest BCUT2D eigenvalue weighted by Gasteiger charge is -2.30. The summed E-state index contributed by atoms with van der Waals surface area (Å²) >= 11 is 9.59. The average molecular weight is 308 g/mol. The maximum atomic E-state index is 13.7. The van der Waals surface area contributed by atoms with Crippen molar-refractivity contribution < 1.29 is 4.39 Å². The molecular weight excluding hydrogens is 290 g/mol. The third kappa shape index (κ3) is 2.98. The minimum atomic E-state index is -0.195. The SMILES string of the molecule is CCC(CC)(CBr)Cc1c(F)cccc1Cl. The second-order valence-corrected chi connectivity index (χ2v) is 5.19. The largest absolute Gasteiger partial charge is 0.207 e. The highest BCUT2D eigenvalue weighted by atomic mass is 79.9. The molecule has 90 valence electrons. The van der Waals surface area contributed by atoms with E-state index >= 15 is 0 Å². The minimum Gasteiger partial charge on any atom is -0.207 e. The first-order valence-corrected chi connectivity index (χ1v) is 7.07. The molecule has 0 N–H and O–H groups in total. The fourth-order valence-electron chi connectivity index (χ4n) is 1.81. The van der Waals surface area contributed by atoms with Crippen molar-refractivity contribution in [1.82, 2.24) is 0 Å². The van der Waals surface area contributed by atoms with Crippen LogP contribution in [0.2, 0.25) is 5.02 Å². The topological polar surface area (TPSA) is 0 Å². The normalized spacial score (nSPS) is 11.8. The lowest BCUT2D eigenvalue weighted by atomic mass is 9.79. The molecule has 0 spiro atoms. The Morgan fingerprint density at radius 3 is 2.38 bits per heavy atom. The van der Waals surface area contributed by atoms with Crippen molar-refractivity contribution >= 4 is 27.5 Å². The predicted octanol–water partition coefficient (Wildman–Crippen LogP) is 5.22. The zero-order chi connectivity index (χ0) is 12.2. The molecule has 16 heavy (non-hydrogen) atoms. The molecule has 1 rings (SSSR count). The monoisotopic (exact) mass is 306 g/mol. The quantitative estimate of drug-likeness (QED) is 0.654. The highest BCUT2D eigenvalue weighted by Gasteiger charge is 2.27. The van der Waals surface area contributed by atoms with Gasteiger partial charge in [-0.15, -0.1) is 0 Å². The Labute approximate surface area is 110 Å². The van der Waals surface area contributed by atoms with E-state index in [1.165, 1.54) is 6.07 Å².